The van der Waals surface area contributed by atoms with Crippen LogP contribution in [0, 0.1) is 0 Å². The summed E-state index contributed by atoms with van der Waals surface area (Å²) < 4.78 is 11.0. The van der Waals surface area contributed by atoms with Crippen molar-refractivity contribution in [1.82, 2.24) is 5.16 Å². The number of ether oxygens (including phenoxy) is 1. The molecule has 21 heavy (non-hydrogen) atoms. The van der Waals surface area contributed by atoms with Gasteiger partial charge in [0, 0.05) is 4.47 Å². The number of para-hydroxylation sites is 1. The van der Waals surface area contributed by atoms with Gasteiger partial charge in [-0.3, -0.25) is 4.79 Å². The molecule has 0 unspecified atom stereocenters. The van der Waals surface area contributed by atoms with Gasteiger partial charge in [0.1, 0.15) is 5.75 Å². The predicted molar refractivity (Wildman–Crippen MR) is 82.7 cm³/mol. The zero-order valence-electron chi connectivity index (χ0n) is 11.1. The summed E-state index contributed by atoms with van der Waals surface area (Å²) in [4.78, 5) is 12.4. The van der Waals surface area contributed by atoms with Crippen LogP contribution in [-0.2, 0) is 0 Å². The van der Waals surface area contributed by atoms with Crippen LogP contribution in [0.25, 0.3) is 11.0 Å². The number of carbonyl (C=O) groups is 1. The van der Waals surface area contributed by atoms with Crippen molar-refractivity contribution in [2.75, 3.05) is 12.4 Å². The molecule has 0 aliphatic heterocycles. The highest BCUT2D eigenvalue weighted by Gasteiger charge is 2.15. The Hall–Kier alpha value is -2.34. The first-order valence-electron chi connectivity index (χ1n) is 6.18. The molecule has 3 aromatic rings. The van der Waals surface area contributed by atoms with E-state index in [1.807, 2.05) is 18.2 Å². The number of amides is 1. The van der Waals surface area contributed by atoms with Gasteiger partial charge >= 0.3 is 0 Å². The lowest BCUT2D eigenvalue weighted by atomic mass is 10.2. The Morgan fingerprint density at radius 3 is 2.90 bits per heavy atom. The van der Waals surface area contributed by atoms with E-state index < -0.39 is 0 Å². The smallest absolute Gasteiger partial charge is 0.258 e. The average Bonchev–Trinajstić information content (AvgIpc) is 2.91. The fourth-order valence-corrected chi connectivity index (χ4v) is 2.38. The van der Waals surface area contributed by atoms with E-state index >= 15 is 0 Å². The minimum Gasteiger partial charge on any atom is -0.497 e. The van der Waals surface area contributed by atoms with E-state index in [1.54, 1.807) is 31.4 Å². The summed E-state index contributed by atoms with van der Waals surface area (Å²) in [6, 6.07) is 12.5. The maximum atomic E-state index is 12.4. The first-order valence-corrected chi connectivity index (χ1v) is 6.97. The SMILES string of the molecule is COc1ccc(Br)c(C(=O)Nc2noc3ccccc23)c1. The number of carbonyl (C=O) groups excluding carboxylic acids is 1. The molecule has 0 saturated carbocycles. The molecule has 1 amide bonds. The Morgan fingerprint density at radius 1 is 1.29 bits per heavy atom. The summed E-state index contributed by atoms with van der Waals surface area (Å²) in [5.41, 5.74) is 1.08. The van der Waals surface area contributed by atoms with E-state index in [9.17, 15) is 4.79 Å². The maximum Gasteiger partial charge on any atom is 0.258 e. The number of nitrogens with one attached hydrogen (secondary N) is 1. The Labute approximate surface area is 129 Å². The van der Waals surface area contributed by atoms with Crippen LogP contribution in [0.15, 0.2) is 51.5 Å². The number of anilines is 1. The molecule has 0 bridgehead atoms. The molecule has 1 aromatic heterocycles. The van der Waals surface area contributed by atoms with Gasteiger partial charge in [0.15, 0.2) is 11.4 Å². The fourth-order valence-electron chi connectivity index (χ4n) is 1.96. The minimum absolute atomic E-state index is 0.292. The zero-order valence-corrected chi connectivity index (χ0v) is 12.7. The van der Waals surface area contributed by atoms with Crippen molar-refractivity contribution in [3.05, 3.63) is 52.5 Å². The van der Waals surface area contributed by atoms with E-state index in [1.165, 1.54) is 0 Å². The first-order chi connectivity index (χ1) is 10.2. The molecule has 2 aromatic carbocycles. The molecule has 0 spiro atoms. The van der Waals surface area contributed by atoms with E-state index in [-0.39, 0.29) is 5.91 Å². The third-order valence-electron chi connectivity index (χ3n) is 3.03. The Bertz CT molecular complexity index is 814. The molecule has 3 rings (SSSR count). The minimum atomic E-state index is -0.292. The lowest BCUT2D eigenvalue weighted by Crippen LogP contribution is -2.13. The van der Waals surface area contributed by atoms with Crippen LogP contribution < -0.4 is 10.1 Å². The van der Waals surface area contributed by atoms with Crippen LogP contribution >= 0.6 is 15.9 Å². The second-order valence-corrected chi connectivity index (χ2v) is 5.18. The summed E-state index contributed by atoms with van der Waals surface area (Å²) in [5, 5.41) is 7.38. The molecular formula is C15H11BrN2O3. The monoisotopic (exact) mass is 346 g/mol. The second-order valence-electron chi connectivity index (χ2n) is 4.33. The van der Waals surface area contributed by atoms with Gasteiger partial charge in [0.25, 0.3) is 5.91 Å². The Balaban J connectivity index is 1.93. The summed E-state index contributed by atoms with van der Waals surface area (Å²) in [7, 11) is 1.55. The van der Waals surface area contributed by atoms with Crippen LogP contribution in [0.4, 0.5) is 5.82 Å². The van der Waals surface area contributed by atoms with Gasteiger partial charge in [-0.15, -0.1) is 0 Å². The molecule has 0 radical (unpaired) electrons. The number of fused-ring (bicyclic) bond motifs is 1. The zero-order chi connectivity index (χ0) is 14.8. The highest BCUT2D eigenvalue weighted by atomic mass is 79.9. The van der Waals surface area contributed by atoms with E-state index in [0.717, 1.165) is 5.39 Å². The normalized spacial score (nSPS) is 10.6. The highest BCUT2D eigenvalue weighted by Crippen LogP contribution is 2.26. The lowest BCUT2D eigenvalue weighted by Gasteiger charge is -2.07. The molecule has 0 fully saturated rings. The van der Waals surface area contributed by atoms with Crippen molar-refractivity contribution in [1.29, 1.82) is 0 Å². The topological polar surface area (TPSA) is 64.4 Å². The van der Waals surface area contributed by atoms with E-state index in [0.29, 0.717) is 27.2 Å². The third kappa shape index (κ3) is 2.62. The number of aromatic nitrogens is 1. The summed E-state index contributed by atoms with van der Waals surface area (Å²) in [5.74, 6) is 0.707. The summed E-state index contributed by atoms with van der Waals surface area (Å²) in [6.07, 6.45) is 0. The molecule has 0 saturated heterocycles. The van der Waals surface area contributed by atoms with Gasteiger partial charge < -0.3 is 14.6 Å². The van der Waals surface area contributed by atoms with E-state index in [2.05, 4.69) is 26.4 Å². The molecule has 1 heterocycles. The van der Waals surface area contributed by atoms with Crippen LogP contribution in [-0.4, -0.2) is 18.2 Å². The standard InChI is InChI=1S/C15H11BrN2O3/c1-20-9-6-7-12(16)11(8-9)15(19)17-14-10-4-2-3-5-13(10)21-18-14/h2-8H,1H3,(H,17,18,19). The largest absolute Gasteiger partial charge is 0.497 e. The van der Waals surface area contributed by atoms with Gasteiger partial charge in [-0.1, -0.05) is 17.3 Å². The van der Waals surface area contributed by atoms with Gasteiger partial charge in [-0.25, -0.2) is 0 Å². The van der Waals surface area contributed by atoms with Gasteiger partial charge in [-0.05, 0) is 46.3 Å². The Kier molecular flexibility index (Phi) is 3.62. The van der Waals surface area contributed by atoms with Gasteiger partial charge in [0.2, 0.25) is 0 Å². The molecular weight excluding hydrogens is 336 g/mol. The Morgan fingerprint density at radius 2 is 2.10 bits per heavy atom. The quantitative estimate of drug-likeness (QED) is 0.782. The first kappa shape index (κ1) is 13.6. The van der Waals surface area contributed by atoms with Crippen molar-refractivity contribution in [3.63, 3.8) is 0 Å². The molecule has 1 N–H and O–H groups in total. The number of halogens is 1. The number of methoxy groups -OCH3 is 1. The van der Waals surface area contributed by atoms with E-state index in [4.69, 9.17) is 9.26 Å². The summed E-state index contributed by atoms with van der Waals surface area (Å²) in [6.45, 7) is 0. The third-order valence-corrected chi connectivity index (χ3v) is 3.72. The van der Waals surface area contributed by atoms with Gasteiger partial charge in [-0.2, -0.15) is 0 Å². The van der Waals surface area contributed by atoms with Crippen LogP contribution in [0.3, 0.4) is 0 Å². The molecule has 106 valence electrons. The predicted octanol–water partition coefficient (Wildman–Crippen LogP) is 3.85. The summed E-state index contributed by atoms with van der Waals surface area (Å²) >= 11 is 3.35. The number of rotatable bonds is 3. The van der Waals surface area contributed by atoms with Crippen molar-refractivity contribution >= 4 is 38.6 Å². The van der Waals surface area contributed by atoms with Crippen LogP contribution in [0.2, 0.25) is 0 Å². The number of nitrogens with zero attached hydrogens (tertiary/aromatic N) is 1. The molecule has 0 aliphatic rings. The maximum absolute atomic E-state index is 12.4. The van der Waals surface area contributed by atoms with Gasteiger partial charge in [0.05, 0.1) is 18.1 Å². The average molecular weight is 347 g/mol. The second kappa shape index (κ2) is 5.57. The fraction of sp³-hybridized carbons (Fsp3) is 0.0667. The van der Waals surface area contributed by atoms with Crippen molar-refractivity contribution in [2.24, 2.45) is 0 Å². The number of benzene rings is 2. The highest BCUT2D eigenvalue weighted by molar-refractivity contribution is 9.10. The van der Waals surface area contributed by atoms with Crippen LogP contribution in [0.1, 0.15) is 10.4 Å². The van der Waals surface area contributed by atoms with Crippen LogP contribution in [0.5, 0.6) is 5.75 Å². The van der Waals surface area contributed by atoms with Crippen molar-refractivity contribution in [3.8, 4) is 5.75 Å². The number of hydrogen-bond acceptors (Lipinski definition) is 4. The van der Waals surface area contributed by atoms with Crippen molar-refractivity contribution in [2.45, 2.75) is 0 Å². The molecule has 0 atom stereocenters. The molecule has 0 aliphatic carbocycles. The number of hydrogen-bond donors (Lipinski definition) is 1. The van der Waals surface area contributed by atoms with Crippen molar-refractivity contribution < 1.29 is 14.1 Å². The lowest BCUT2D eigenvalue weighted by molar-refractivity contribution is 0.102. The molecule has 5 nitrogen and oxygen atoms in total. The molecule has 6 heteroatoms.